The molecule has 2 aromatic heterocycles. The van der Waals surface area contributed by atoms with E-state index in [2.05, 4.69) is 66.1 Å². The van der Waals surface area contributed by atoms with Crippen molar-refractivity contribution in [3.63, 3.8) is 0 Å². The van der Waals surface area contributed by atoms with E-state index in [0.717, 1.165) is 0 Å². The zero-order valence-corrected chi connectivity index (χ0v) is 11.7. The molecule has 0 radical (unpaired) electrons. The summed E-state index contributed by atoms with van der Waals surface area (Å²) in [7, 11) is 0. The van der Waals surface area contributed by atoms with Gasteiger partial charge in [-0.25, -0.2) is 0 Å². The Kier molecular flexibility index (Phi) is 3.30. The molecule has 0 N–H and O–H groups in total. The molecule has 20 heavy (non-hydrogen) atoms. The predicted molar refractivity (Wildman–Crippen MR) is 80.7 cm³/mol. The Morgan fingerprint density at radius 2 is 1.45 bits per heavy atom. The van der Waals surface area contributed by atoms with Crippen LogP contribution in [0, 0.1) is 13.8 Å². The minimum Gasteiger partial charge on any atom is -0.265 e. The third-order valence-corrected chi connectivity index (χ3v) is 3.47. The van der Waals surface area contributed by atoms with Crippen LogP contribution in [-0.2, 0) is 0 Å². The van der Waals surface area contributed by atoms with E-state index >= 15 is 0 Å². The molecule has 0 aliphatic carbocycles. The maximum atomic E-state index is 4.05. The van der Waals surface area contributed by atoms with Crippen molar-refractivity contribution in [1.82, 2.24) is 4.98 Å². The third kappa shape index (κ3) is 2.45. The summed E-state index contributed by atoms with van der Waals surface area (Å²) >= 11 is 0. The number of pyridine rings is 2. The van der Waals surface area contributed by atoms with Crippen LogP contribution in [0.15, 0.2) is 67.3 Å². The lowest BCUT2D eigenvalue weighted by Gasteiger charge is -2.03. The second-order valence-electron chi connectivity index (χ2n) is 5.02. The summed E-state index contributed by atoms with van der Waals surface area (Å²) in [6.07, 6.45) is 7.85. The summed E-state index contributed by atoms with van der Waals surface area (Å²) in [6.45, 7) is 4.26. The predicted octanol–water partition coefficient (Wildman–Crippen LogP) is 3.64. The number of aryl methyl sites for hydroxylation is 2. The maximum absolute atomic E-state index is 4.05. The quantitative estimate of drug-likeness (QED) is 0.643. The molecule has 0 saturated heterocycles. The summed E-state index contributed by atoms with van der Waals surface area (Å²) in [4.78, 5) is 4.05. The van der Waals surface area contributed by atoms with Crippen LogP contribution in [-0.4, -0.2) is 4.98 Å². The Hall–Kier alpha value is -2.48. The molecule has 0 unspecified atom stereocenters. The fraction of sp³-hybridized carbons (Fsp3) is 0.111. The first kappa shape index (κ1) is 12.5. The van der Waals surface area contributed by atoms with Gasteiger partial charge in [0.25, 0.3) is 0 Å². The molecule has 98 valence electrons. The van der Waals surface area contributed by atoms with Crippen LogP contribution in [0.1, 0.15) is 11.1 Å². The van der Waals surface area contributed by atoms with Crippen LogP contribution in [0.25, 0.3) is 16.8 Å². The standard InChI is InChI=1S/C18H17N2/c1-14-3-4-18(15(2)13-14)20-11-7-17(8-12-20)16-5-9-19-10-6-16/h3-13H,1-2H3/q+1. The highest BCUT2D eigenvalue weighted by atomic mass is 14.9. The van der Waals surface area contributed by atoms with Gasteiger partial charge in [-0.15, -0.1) is 0 Å². The number of nitrogens with zero attached hydrogens (tertiary/aromatic N) is 2. The molecule has 2 heterocycles. The molecule has 0 aliphatic rings. The fourth-order valence-electron chi connectivity index (χ4n) is 2.42. The van der Waals surface area contributed by atoms with Crippen molar-refractivity contribution in [2.45, 2.75) is 13.8 Å². The van der Waals surface area contributed by atoms with E-state index in [-0.39, 0.29) is 0 Å². The Morgan fingerprint density at radius 1 is 0.800 bits per heavy atom. The van der Waals surface area contributed by atoms with E-state index in [0.29, 0.717) is 0 Å². The highest BCUT2D eigenvalue weighted by molar-refractivity contribution is 5.61. The van der Waals surface area contributed by atoms with Crippen LogP contribution < -0.4 is 4.57 Å². The SMILES string of the molecule is Cc1ccc(-[n+]2ccc(-c3ccncc3)cc2)c(C)c1. The van der Waals surface area contributed by atoms with Crippen molar-refractivity contribution in [3.8, 4) is 16.8 Å². The normalized spacial score (nSPS) is 10.5. The van der Waals surface area contributed by atoms with Crippen LogP contribution in [0.5, 0.6) is 0 Å². The summed E-state index contributed by atoms with van der Waals surface area (Å²) in [5.41, 5.74) is 6.19. The first-order valence-electron chi connectivity index (χ1n) is 6.73. The highest BCUT2D eigenvalue weighted by Crippen LogP contribution is 2.17. The lowest BCUT2D eigenvalue weighted by molar-refractivity contribution is -0.596. The third-order valence-electron chi connectivity index (χ3n) is 3.47. The molecule has 0 atom stereocenters. The van der Waals surface area contributed by atoms with E-state index in [1.165, 1.54) is 27.9 Å². The van der Waals surface area contributed by atoms with E-state index in [1.54, 1.807) is 0 Å². The van der Waals surface area contributed by atoms with Gasteiger partial charge < -0.3 is 0 Å². The highest BCUT2D eigenvalue weighted by Gasteiger charge is 2.09. The largest absolute Gasteiger partial charge is 0.265 e. The van der Waals surface area contributed by atoms with Gasteiger partial charge in [-0.3, -0.25) is 4.98 Å². The summed E-state index contributed by atoms with van der Waals surface area (Å²) in [5, 5.41) is 0. The minimum absolute atomic E-state index is 1.19. The average Bonchev–Trinajstić information content (AvgIpc) is 2.48. The van der Waals surface area contributed by atoms with Gasteiger partial charge in [0.15, 0.2) is 12.4 Å². The minimum atomic E-state index is 1.19. The Labute approximate surface area is 119 Å². The summed E-state index contributed by atoms with van der Waals surface area (Å²) in [6, 6.07) is 14.8. The van der Waals surface area contributed by atoms with Crippen molar-refractivity contribution in [1.29, 1.82) is 0 Å². The molecule has 2 heteroatoms. The molecule has 0 saturated carbocycles. The molecule has 0 spiro atoms. The van der Waals surface area contributed by atoms with Crippen molar-refractivity contribution >= 4 is 0 Å². The average molecular weight is 261 g/mol. The van der Waals surface area contributed by atoms with Gasteiger partial charge in [-0.1, -0.05) is 11.6 Å². The Bertz CT molecular complexity index is 716. The van der Waals surface area contributed by atoms with Crippen molar-refractivity contribution in [2.24, 2.45) is 0 Å². The zero-order chi connectivity index (χ0) is 13.9. The van der Waals surface area contributed by atoms with Crippen molar-refractivity contribution < 1.29 is 4.57 Å². The van der Waals surface area contributed by atoms with Gasteiger partial charge in [-0.05, 0) is 43.2 Å². The molecule has 0 fully saturated rings. The van der Waals surface area contributed by atoms with Gasteiger partial charge in [0, 0.05) is 36.2 Å². The second kappa shape index (κ2) is 5.25. The molecule has 0 amide bonds. The number of hydrogen-bond acceptors (Lipinski definition) is 1. The molecule has 0 bridgehead atoms. The molecule has 3 rings (SSSR count). The van der Waals surface area contributed by atoms with Gasteiger partial charge in [0.1, 0.15) is 0 Å². The van der Waals surface area contributed by atoms with Gasteiger partial charge in [0.2, 0.25) is 5.69 Å². The van der Waals surface area contributed by atoms with Crippen molar-refractivity contribution in [3.05, 3.63) is 78.4 Å². The van der Waals surface area contributed by atoms with E-state index in [9.17, 15) is 0 Å². The second-order valence-corrected chi connectivity index (χ2v) is 5.02. The molecule has 3 aromatic rings. The Morgan fingerprint density at radius 3 is 2.10 bits per heavy atom. The lowest BCUT2D eigenvalue weighted by atomic mass is 10.1. The molecule has 0 aliphatic heterocycles. The van der Waals surface area contributed by atoms with Crippen LogP contribution >= 0.6 is 0 Å². The number of hydrogen-bond donors (Lipinski definition) is 0. The van der Waals surface area contributed by atoms with E-state index in [1.807, 2.05) is 24.5 Å². The van der Waals surface area contributed by atoms with Crippen LogP contribution in [0.3, 0.4) is 0 Å². The Balaban J connectivity index is 1.97. The molecular weight excluding hydrogens is 244 g/mol. The van der Waals surface area contributed by atoms with E-state index in [4.69, 9.17) is 0 Å². The first-order chi connectivity index (χ1) is 9.74. The summed E-state index contributed by atoms with van der Waals surface area (Å²) < 4.78 is 2.15. The molecular formula is C18H17N2+. The van der Waals surface area contributed by atoms with Crippen LogP contribution in [0.4, 0.5) is 0 Å². The smallest absolute Gasteiger partial charge is 0.213 e. The maximum Gasteiger partial charge on any atom is 0.213 e. The number of rotatable bonds is 2. The first-order valence-corrected chi connectivity index (χ1v) is 6.73. The number of aromatic nitrogens is 2. The monoisotopic (exact) mass is 261 g/mol. The fourth-order valence-corrected chi connectivity index (χ4v) is 2.42. The molecule has 1 aromatic carbocycles. The lowest BCUT2D eigenvalue weighted by Crippen LogP contribution is -2.30. The topological polar surface area (TPSA) is 16.8 Å². The molecule has 2 nitrogen and oxygen atoms in total. The van der Waals surface area contributed by atoms with Gasteiger partial charge in [0.05, 0.1) is 0 Å². The zero-order valence-electron chi connectivity index (χ0n) is 11.7. The van der Waals surface area contributed by atoms with Gasteiger partial charge in [-0.2, -0.15) is 4.57 Å². The van der Waals surface area contributed by atoms with Crippen LogP contribution in [0.2, 0.25) is 0 Å². The summed E-state index contributed by atoms with van der Waals surface area (Å²) in [5.74, 6) is 0. The number of benzene rings is 1. The van der Waals surface area contributed by atoms with Gasteiger partial charge >= 0.3 is 0 Å². The van der Waals surface area contributed by atoms with Crippen molar-refractivity contribution in [2.75, 3.05) is 0 Å². The van der Waals surface area contributed by atoms with E-state index < -0.39 is 0 Å².